The van der Waals surface area contributed by atoms with E-state index in [1.165, 1.54) is 11.3 Å². The molecule has 82 valence electrons. The Balaban J connectivity index is 2.41. The van der Waals surface area contributed by atoms with Gasteiger partial charge in [-0.3, -0.25) is 4.79 Å². The molecule has 0 aliphatic heterocycles. The molecule has 2 N–H and O–H groups in total. The van der Waals surface area contributed by atoms with Gasteiger partial charge in [-0.15, -0.1) is 11.3 Å². The molecule has 0 saturated heterocycles. The maximum atomic E-state index is 12.1. The number of halogens is 1. The predicted octanol–water partition coefficient (Wildman–Crippen LogP) is 3.52. The maximum absolute atomic E-state index is 12.1. The number of hydrogen-bond donors (Lipinski definition) is 1. The topological polar surface area (TPSA) is 43.1 Å². The lowest BCUT2D eigenvalue weighted by atomic mass is 10.1. The molecule has 1 aromatic carbocycles. The van der Waals surface area contributed by atoms with Crippen molar-refractivity contribution in [3.05, 3.63) is 50.7 Å². The van der Waals surface area contributed by atoms with Gasteiger partial charge in [0.2, 0.25) is 5.78 Å². The highest BCUT2D eigenvalue weighted by Crippen LogP contribution is 2.24. The Bertz CT molecular complexity index is 548. The van der Waals surface area contributed by atoms with E-state index in [1.807, 2.05) is 19.1 Å². The van der Waals surface area contributed by atoms with Gasteiger partial charge in [0.05, 0.1) is 4.88 Å². The zero-order valence-corrected chi connectivity index (χ0v) is 10.2. The van der Waals surface area contributed by atoms with E-state index in [2.05, 4.69) is 0 Å². The SMILES string of the molecule is Cc1ccc(C(=O)c2ccc(Cl)cc2N)s1. The number of ketones is 1. The smallest absolute Gasteiger partial charge is 0.205 e. The van der Waals surface area contributed by atoms with Crippen molar-refractivity contribution in [2.45, 2.75) is 6.92 Å². The highest BCUT2D eigenvalue weighted by molar-refractivity contribution is 7.14. The molecule has 2 aromatic rings. The lowest BCUT2D eigenvalue weighted by molar-refractivity contribution is 0.104. The van der Waals surface area contributed by atoms with Gasteiger partial charge < -0.3 is 5.73 Å². The fourth-order valence-electron chi connectivity index (χ4n) is 1.43. The largest absolute Gasteiger partial charge is 0.398 e. The Labute approximate surface area is 103 Å². The standard InChI is InChI=1S/C12H10ClNOS/c1-7-2-5-11(16-7)12(15)9-4-3-8(13)6-10(9)14/h2-6H,14H2,1H3. The highest BCUT2D eigenvalue weighted by atomic mass is 35.5. The summed E-state index contributed by atoms with van der Waals surface area (Å²) in [7, 11) is 0. The third kappa shape index (κ3) is 2.10. The zero-order valence-electron chi connectivity index (χ0n) is 8.66. The Morgan fingerprint density at radius 1 is 1.31 bits per heavy atom. The van der Waals surface area contributed by atoms with Crippen LogP contribution in [0.1, 0.15) is 20.1 Å². The summed E-state index contributed by atoms with van der Waals surface area (Å²) in [5.41, 5.74) is 6.69. The Hall–Kier alpha value is -1.32. The van der Waals surface area contributed by atoms with Crippen LogP contribution < -0.4 is 5.73 Å². The van der Waals surface area contributed by atoms with Crippen molar-refractivity contribution >= 4 is 34.4 Å². The minimum atomic E-state index is -0.0488. The van der Waals surface area contributed by atoms with E-state index in [9.17, 15) is 4.79 Å². The van der Waals surface area contributed by atoms with Gasteiger partial charge in [0.1, 0.15) is 0 Å². The summed E-state index contributed by atoms with van der Waals surface area (Å²) in [5.74, 6) is -0.0488. The summed E-state index contributed by atoms with van der Waals surface area (Å²) < 4.78 is 0. The van der Waals surface area contributed by atoms with Crippen LogP contribution in [-0.4, -0.2) is 5.78 Å². The number of carbonyl (C=O) groups is 1. The van der Waals surface area contributed by atoms with Gasteiger partial charge in [0.25, 0.3) is 0 Å². The normalized spacial score (nSPS) is 10.4. The molecule has 2 nitrogen and oxygen atoms in total. The molecule has 1 heterocycles. The lowest BCUT2D eigenvalue weighted by Gasteiger charge is -2.03. The van der Waals surface area contributed by atoms with Crippen LogP contribution in [0.15, 0.2) is 30.3 Å². The molecule has 0 unspecified atom stereocenters. The first kappa shape index (κ1) is 11.2. The van der Waals surface area contributed by atoms with E-state index in [4.69, 9.17) is 17.3 Å². The second-order valence-corrected chi connectivity index (χ2v) is 5.20. The van der Waals surface area contributed by atoms with E-state index < -0.39 is 0 Å². The van der Waals surface area contributed by atoms with Gasteiger partial charge in [-0.05, 0) is 37.3 Å². The molecular formula is C12H10ClNOS. The minimum Gasteiger partial charge on any atom is -0.398 e. The lowest BCUT2D eigenvalue weighted by Crippen LogP contribution is -2.03. The molecule has 16 heavy (non-hydrogen) atoms. The van der Waals surface area contributed by atoms with Crippen LogP contribution in [0.5, 0.6) is 0 Å². The Morgan fingerprint density at radius 2 is 2.06 bits per heavy atom. The van der Waals surface area contributed by atoms with Crippen molar-refractivity contribution < 1.29 is 4.79 Å². The summed E-state index contributed by atoms with van der Waals surface area (Å²) in [6.45, 7) is 1.96. The fourth-order valence-corrected chi connectivity index (χ4v) is 2.43. The fraction of sp³-hybridized carbons (Fsp3) is 0.0833. The molecule has 0 aliphatic rings. The average Bonchev–Trinajstić information content (AvgIpc) is 2.64. The average molecular weight is 252 g/mol. The van der Waals surface area contributed by atoms with Gasteiger partial charge in [-0.25, -0.2) is 0 Å². The van der Waals surface area contributed by atoms with Gasteiger partial charge in [-0.1, -0.05) is 11.6 Å². The second kappa shape index (κ2) is 4.28. The molecule has 0 bridgehead atoms. The van der Waals surface area contributed by atoms with Crippen LogP contribution in [0.4, 0.5) is 5.69 Å². The summed E-state index contributed by atoms with van der Waals surface area (Å²) >= 11 is 7.25. The van der Waals surface area contributed by atoms with Crippen LogP contribution in [0.25, 0.3) is 0 Å². The molecule has 0 radical (unpaired) electrons. The van der Waals surface area contributed by atoms with Crippen molar-refractivity contribution in [2.24, 2.45) is 0 Å². The Kier molecular flexibility index (Phi) is 2.99. The number of aryl methyl sites for hydroxylation is 1. The molecule has 4 heteroatoms. The highest BCUT2D eigenvalue weighted by Gasteiger charge is 2.13. The van der Waals surface area contributed by atoms with Crippen molar-refractivity contribution in [1.82, 2.24) is 0 Å². The van der Waals surface area contributed by atoms with Crippen molar-refractivity contribution in [1.29, 1.82) is 0 Å². The van der Waals surface area contributed by atoms with E-state index in [0.717, 1.165) is 4.88 Å². The van der Waals surface area contributed by atoms with Gasteiger partial charge in [0.15, 0.2) is 0 Å². The quantitative estimate of drug-likeness (QED) is 0.656. The molecule has 0 atom stereocenters. The number of thiophene rings is 1. The number of nitrogen functional groups attached to an aromatic ring is 1. The molecule has 2 rings (SSSR count). The number of carbonyl (C=O) groups excluding carboxylic acids is 1. The van der Waals surface area contributed by atoms with Crippen LogP contribution in [0, 0.1) is 6.92 Å². The third-order valence-electron chi connectivity index (χ3n) is 2.22. The zero-order chi connectivity index (χ0) is 11.7. The molecule has 1 aromatic heterocycles. The minimum absolute atomic E-state index is 0.0488. The van der Waals surface area contributed by atoms with Crippen molar-refractivity contribution in [2.75, 3.05) is 5.73 Å². The second-order valence-electron chi connectivity index (χ2n) is 3.47. The molecule has 0 fully saturated rings. The van der Waals surface area contributed by atoms with Gasteiger partial charge in [0, 0.05) is 21.2 Å². The van der Waals surface area contributed by atoms with Crippen LogP contribution in [0.3, 0.4) is 0 Å². The summed E-state index contributed by atoms with van der Waals surface area (Å²) in [6.07, 6.45) is 0. The van der Waals surface area contributed by atoms with Crippen molar-refractivity contribution in [3.63, 3.8) is 0 Å². The number of benzene rings is 1. The summed E-state index contributed by atoms with van der Waals surface area (Å²) in [4.78, 5) is 13.9. The molecule has 0 aliphatic carbocycles. The monoisotopic (exact) mass is 251 g/mol. The first-order chi connectivity index (χ1) is 7.58. The van der Waals surface area contributed by atoms with Crippen molar-refractivity contribution in [3.8, 4) is 0 Å². The van der Waals surface area contributed by atoms with Gasteiger partial charge >= 0.3 is 0 Å². The number of anilines is 1. The Morgan fingerprint density at radius 3 is 2.62 bits per heavy atom. The first-order valence-corrected chi connectivity index (χ1v) is 5.93. The van der Waals surface area contributed by atoms with E-state index in [0.29, 0.717) is 21.2 Å². The van der Waals surface area contributed by atoms with E-state index in [-0.39, 0.29) is 5.78 Å². The molecule has 0 spiro atoms. The number of rotatable bonds is 2. The molecular weight excluding hydrogens is 242 g/mol. The number of nitrogens with two attached hydrogens (primary N) is 1. The summed E-state index contributed by atoms with van der Waals surface area (Å²) in [6, 6.07) is 8.66. The first-order valence-electron chi connectivity index (χ1n) is 4.74. The van der Waals surface area contributed by atoms with Gasteiger partial charge in [-0.2, -0.15) is 0 Å². The van der Waals surface area contributed by atoms with E-state index in [1.54, 1.807) is 18.2 Å². The molecule has 0 amide bonds. The van der Waals surface area contributed by atoms with Crippen LogP contribution in [0.2, 0.25) is 5.02 Å². The van der Waals surface area contributed by atoms with Crippen LogP contribution >= 0.6 is 22.9 Å². The molecule has 0 saturated carbocycles. The van der Waals surface area contributed by atoms with Crippen LogP contribution in [-0.2, 0) is 0 Å². The van der Waals surface area contributed by atoms with E-state index >= 15 is 0 Å². The number of hydrogen-bond acceptors (Lipinski definition) is 3. The summed E-state index contributed by atoms with van der Waals surface area (Å²) in [5, 5.41) is 0.538. The maximum Gasteiger partial charge on any atom is 0.205 e. The predicted molar refractivity (Wildman–Crippen MR) is 68.4 cm³/mol. The third-order valence-corrected chi connectivity index (χ3v) is 3.46.